The van der Waals surface area contributed by atoms with Crippen molar-refractivity contribution in [2.75, 3.05) is 17.2 Å². The number of nitrogens with zero attached hydrogens (tertiary/aromatic N) is 2. The highest BCUT2D eigenvalue weighted by atomic mass is 16.5. The molecule has 1 amide bonds. The van der Waals surface area contributed by atoms with Crippen molar-refractivity contribution < 1.29 is 14.3 Å². The number of anilines is 2. The lowest BCUT2D eigenvalue weighted by atomic mass is 10.1. The van der Waals surface area contributed by atoms with E-state index in [1.807, 2.05) is 0 Å². The van der Waals surface area contributed by atoms with Gasteiger partial charge in [-0.2, -0.15) is 0 Å². The smallest absolute Gasteiger partial charge is 0.338 e. The molecule has 148 valence electrons. The molecule has 1 aromatic heterocycles. The maximum Gasteiger partial charge on any atom is 0.338 e. The fourth-order valence-electron chi connectivity index (χ4n) is 3.29. The first-order valence-corrected chi connectivity index (χ1v) is 9.83. The molecule has 1 aliphatic rings. The van der Waals surface area contributed by atoms with Gasteiger partial charge in [-0.1, -0.05) is 25.7 Å². The van der Waals surface area contributed by atoms with Gasteiger partial charge in [0, 0.05) is 17.8 Å². The molecule has 0 spiro atoms. The van der Waals surface area contributed by atoms with Crippen LogP contribution in [0.4, 0.5) is 11.5 Å². The Morgan fingerprint density at radius 1 is 1.07 bits per heavy atom. The Bertz CT molecular complexity index is 800. The third kappa shape index (κ3) is 5.52. The summed E-state index contributed by atoms with van der Waals surface area (Å²) in [6.07, 6.45) is 8.65. The number of benzene rings is 1. The Morgan fingerprint density at radius 2 is 1.79 bits per heavy atom. The van der Waals surface area contributed by atoms with Gasteiger partial charge in [0.2, 0.25) is 0 Å². The van der Waals surface area contributed by atoms with E-state index in [4.69, 9.17) is 4.74 Å². The number of hydrogen-bond acceptors (Lipinski definition) is 6. The van der Waals surface area contributed by atoms with E-state index in [1.54, 1.807) is 37.3 Å². The number of amides is 1. The minimum absolute atomic E-state index is 0.292. The molecule has 1 saturated carbocycles. The van der Waals surface area contributed by atoms with Crippen LogP contribution in [0.5, 0.6) is 0 Å². The summed E-state index contributed by atoms with van der Waals surface area (Å²) in [5, 5.41) is 6.22. The normalized spacial score (nSPS) is 14.8. The summed E-state index contributed by atoms with van der Waals surface area (Å²) in [5.74, 6) is -0.0367. The minimum Gasteiger partial charge on any atom is -0.462 e. The van der Waals surface area contributed by atoms with Crippen molar-refractivity contribution in [1.82, 2.24) is 9.97 Å². The van der Waals surface area contributed by atoms with E-state index in [1.165, 1.54) is 32.0 Å². The van der Waals surface area contributed by atoms with Gasteiger partial charge in [0.05, 0.1) is 12.2 Å². The van der Waals surface area contributed by atoms with E-state index >= 15 is 0 Å². The molecule has 0 saturated heterocycles. The van der Waals surface area contributed by atoms with Crippen LogP contribution in [0.2, 0.25) is 0 Å². The molecule has 3 rings (SSSR count). The Kier molecular flexibility index (Phi) is 6.94. The highest BCUT2D eigenvalue weighted by molar-refractivity contribution is 6.03. The van der Waals surface area contributed by atoms with Gasteiger partial charge < -0.3 is 15.4 Å². The summed E-state index contributed by atoms with van der Waals surface area (Å²) < 4.78 is 4.95. The summed E-state index contributed by atoms with van der Waals surface area (Å²) in [7, 11) is 0. The van der Waals surface area contributed by atoms with Gasteiger partial charge in [-0.05, 0) is 44.0 Å². The topological polar surface area (TPSA) is 93.2 Å². The lowest BCUT2D eigenvalue weighted by molar-refractivity contribution is 0.0526. The molecule has 1 aliphatic carbocycles. The molecule has 1 aromatic carbocycles. The summed E-state index contributed by atoms with van der Waals surface area (Å²) >= 11 is 0. The van der Waals surface area contributed by atoms with Crippen LogP contribution in [0.15, 0.2) is 36.7 Å². The van der Waals surface area contributed by atoms with E-state index in [0.717, 1.165) is 12.8 Å². The standard InChI is InChI=1S/C21H26N4O3/c1-2-28-21(27)15-9-11-17(12-10-15)25-20(26)18-13-19(23-14-22-18)24-16-7-5-3-4-6-8-16/h9-14,16H,2-8H2,1H3,(H,25,26)(H,22,23,24). The van der Waals surface area contributed by atoms with Crippen molar-refractivity contribution in [2.45, 2.75) is 51.5 Å². The first-order valence-electron chi connectivity index (χ1n) is 9.83. The van der Waals surface area contributed by atoms with Crippen molar-refractivity contribution >= 4 is 23.4 Å². The highest BCUT2D eigenvalue weighted by Crippen LogP contribution is 2.20. The van der Waals surface area contributed by atoms with E-state index in [9.17, 15) is 9.59 Å². The van der Waals surface area contributed by atoms with Crippen LogP contribution in [0.3, 0.4) is 0 Å². The zero-order valence-corrected chi connectivity index (χ0v) is 16.1. The molecule has 0 radical (unpaired) electrons. The molecular formula is C21H26N4O3. The van der Waals surface area contributed by atoms with Crippen LogP contribution in [0, 0.1) is 0 Å². The summed E-state index contributed by atoms with van der Waals surface area (Å²) in [4.78, 5) is 32.5. The first kappa shape index (κ1) is 19.8. The van der Waals surface area contributed by atoms with Crippen molar-refractivity contribution in [3.05, 3.63) is 47.9 Å². The minimum atomic E-state index is -0.384. The molecule has 2 aromatic rings. The number of ether oxygens (including phenoxy) is 1. The van der Waals surface area contributed by atoms with E-state index in [0.29, 0.717) is 35.4 Å². The largest absolute Gasteiger partial charge is 0.462 e. The number of aromatic nitrogens is 2. The predicted octanol–water partition coefficient (Wildman–Crippen LogP) is 4.04. The average Bonchev–Trinajstić information content (AvgIpc) is 2.97. The van der Waals surface area contributed by atoms with Crippen molar-refractivity contribution in [3.8, 4) is 0 Å². The monoisotopic (exact) mass is 382 g/mol. The molecule has 0 atom stereocenters. The number of hydrogen-bond donors (Lipinski definition) is 2. The van der Waals surface area contributed by atoms with E-state index in [2.05, 4.69) is 20.6 Å². The molecule has 1 heterocycles. The number of carbonyl (C=O) groups is 2. The molecule has 7 nitrogen and oxygen atoms in total. The van der Waals surface area contributed by atoms with Gasteiger partial charge >= 0.3 is 5.97 Å². The highest BCUT2D eigenvalue weighted by Gasteiger charge is 2.15. The van der Waals surface area contributed by atoms with E-state index < -0.39 is 0 Å². The van der Waals surface area contributed by atoms with Crippen LogP contribution in [0.25, 0.3) is 0 Å². The number of esters is 1. The number of carbonyl (C=O) groups excluding carboxylic acids is 2. The SMILES string of the molecule is CCOC(=O)c1ccc(NC(=O)c2cc(NC3CCCCCC3)ncn2)cc1. The lowest BCUT2D eigenvalue weighted by Gasteiger charge is -2.17. The summed E-state index contributed by atoms with van der Waals surface area (Å²) in [5.41, 5.74) is 1.31. The molecule has 28 heavy (non-hydrogen) atoms. The second kappa shape index (κ2) is 9.82. The van der Waals surface area contributed by atoms with Gasteiger partial charge in [0.15, 0.2) is 0 Å². The van der Waals surface area contributed by atoms with Crippen molar-refractivity contribution in [2.24, 2.45) is 0 Å². The fraction of sp³-hybridized carbons (Fsp3) is 0.429. The van der Waals surface area contributed by atoms with Gasteiger partial charge in [0.25, 0.3) is 5.91 Å². The summed E-state index contributed by atoms with van der Waals surface area (Å²) in [6.45, 7) is 2.08. The first-order chi connectivity index (χ1) is 13.7. The van der Waals surface area contributed by atoms with Crippen molar-refractivity contribution in [3.63, 3.8) is 0 Å². The molecule has 2 N–H and O–H groups in total. The lowest BCUT2D eigenvalue weighted by Crippen LogP contribution is -2.20. The number of nitrogens with one attached hydrogen (secondary N) is 2. The Labute approximate surface area is 164 Å². The maximum atomic E-state index is 12.5. The summed E-state index contributed by atoms with van der Waals surface area (Å²) in [6, 6.07) is 8.63. The molecule has 7 heteroatoms. The van der Waals surface area contributed by atoms with Crippen LogP contribution >= 0.6 is 0 Å². The Morgan fingerprint density at radius 3 is 2.46 bits per heavy atom. The van der Waals surface area contributed by atoms with Crippen LogP contribution < -0.4 is 10.6 Å². The van der Waals surface area contributed by atoms with E-state index in [-0.39, 0.29) is 11.9 Å². The second-order valence-corrected chi connectivity index (χ2v) is 6.87. The zero-order chi connectivity index (χ0) is 19.8. The van der Waals surface area contributed by atoms with Crippen molar-refractivity contribution in [1.29, 1.82) is 0 Å². The average molecular weight is 382 g/mol. The molecule has 0 unspecified atom stereocenters. The fourth-order valence-corrected chi connectivity index (χ4v) is 3.29. The molecule has 0 aliphatic heterocycles. The van der Waals surface area contributed by atoms with Gasteiger partial charge in [-0.15, -0.1) is 0 Å². The Balaban J connectivity index is 1.61. The molecule has 0 bridgehead atoms. The van der Waals surface area contributed by atoms with Gasteiger partial charge in [-0.3, -0.25) is 4.79 Å². The van der Waals surface area contributed by atoms with Gasteiger partial charge in [0.1, 0.15) is 17.8 Å². The maximum absolute atomic E-state index is 12.5. The zero-order valence-electron chi connectivity index (χ0n) is 16.1. The van der Waals surface area contributed by atoms with Crippen LogP contribution in [-0.2, 0) is 4.74 Å². The third-order valence-corrected chi connectivity index (χ3v) is 4.76. The predicted molar refractivity (Wildman–Crippen MR) is 107 cm³/mol. The quantitative estimate of drug-likeness (QED) is 0.578. The number of rotatable bonds is 6. The second-order valence-electron chi connectivity index (χ2n) is 6.87. The van der Waals surface area contributed by atoms with Crippen LogP contribution in [-0.4, -0.2) is 34.5 Å². The Hall–Kier alpha value is -2.96. The third-order valence-electron chi connectivity index (χ3n) is 4.76. The van der Waals surface area contributed by atoms with Gasteiger partial charge in [-0.25, -0.2) is 14.8 Å². The van der Waals surface area contributed by atoms with Crippen LogP contribution in [0.1, 0.15) is 66.3 Å². The molecule has 1 fully saturated rings. The molecular weight excluding hydrogens is 356 g/mol.